The number of rotatable bonds is 14. The Morgan fingerprint density at radius 2 is 1.27 bits per heavy atom. The predicted octanol–water partition coefficient (Wildman–Crippen LogP) is 2.34. The van der Waals surface area contributed by atoms with Crippen LogP contribution in [0.25, 0.3) is 0 Å². The Labute approximate surface area is 245 Å². The molecular weight excluding hydrogens is 520 g/mol. The van der Waals surface area contributed by atoms with E-state index in [2.05, 4.69) is 38.8 Å². The van der Waals surface area contributed by atoms with E-state index < -0.39 is 12.2 Å². The van der Waals surface area contributed by atoms with E-state index in [-0.39, 0.29) is 18.5 Å². The molecule has 2 aromatic rings. The first kappa shape index (κ1) is 31.4. The van der Waals surface area contributed by atoms with Crippen molar-refractivity contribution in [2.24, 2.45) is 0 Å². The number of hydrogen-bond donors (Lipinski definition) is 2. The van der Waals surface area contributed by atoms with Gasteiger partial charge >= 0.3 is 0 Å². The summed E-state index contributed by atoms with van der Waals surface area (Å²) in [5.41, 5.74) is 3.69. The SMILES string of the molecule is CCC(O)COCC(C)OCC(O)CN1CCN(c2ccc(C(=O)c3ccc(N4CCN(C)CC4)cc3)cc2)CC1. The number of aliphatic hydroxyl groups is 2. The quantitative estimate of drug-likeness (QED) is 0.334. The first-order valence-electron chi connectivity index (χ1n) is 15.0. The van der Waals surface area contributed by atoms with Crippen molar-refractivity contribution >= 4 is 17.2 Å². The van der Waals surface area contributed by atoms with Crippen molar-refractivity contribution < 1.29 is 24.5 Å². The van der Waals surface area contributed by atoms with Crippen molar-refractivity contribution in [3.8, 4) is 0 Å². The smallest absolute Gasteiger partial charge is 0.193 e. The molecule has 0 bridgehead atoms. The second-order valence-corrected chi connectivity index (χ2v) is 11.4. The minimum atomic E-state index is -0.564. The van der Waals surface area contributed by atoms with Crippen LogP contribution in [0.15, 0.2) is 48.5 Å². The Bertz CT molecular complexity index is 1050. The molecule has 0 aromatic heterocycles. The van der Waals surface area contributed by atoms with Gasteiger partial charge < -0.3 is 34.4 Å². The number of ether oxygens (including phenoxy) is 2. The molecule has 2 aromatic carbocycles. The zero-order valence-corrected chi connectivity index (χ0v) is 25.0. The summed E-state index contributed by atoms with van der Waals surface area (Å²) < 4.78 is 11.2. The normalized spacial score (nSPS) is 19.2. The number of β-amino-alcohol motifs (C(OH)–C–C–N with tert-alkyl or cyclic N) is 1. The van der Waals surface area contributed by atoms with Crippen LogP contribution in [0, 0.1) is 0 Å². The van der Waals surface area contributed by atoms with Gasteiger partial charge in [0.1, 0.15) is 0 Å². The third-order valence-corrected chi connectivity index (χ3v) is 8.04. The third kappa shape index (κ3) is 9.49. The lowest BCUT2D eigenvalue weighted by atomic mass is 10.0. The Hall–Kier alpha value is -2.53. The maximum absolute atomic E-state index is 13.1. The van der Waals surface area contributed by atoms with Crippen LogP contribution in [0.1, 0.15) is 36.2 Å². The van der Waals surface area contributed by atoms with Crippen LogP contribution in [-0.2, 0) is 9.47 Å². The molecular formula is C32H48N4O5. The molecule has 9 heteroatoms. The molecule has 2 aliphatic rings. The summed E-state index contributed by atoms with van der Waals surface area (Å²) >= 11 is 0. The zero-order chi connectivity index (χ0) is 29.2. The van der Waals surface area contributed by atoms with E-state index in [4.69, 9.17) is 9.47 Å². The predicted molar refractivity (Wildman–Crippen MR) is 163 cm³/mol. The molecule has 2 N–H and O–H groups in total. The topological polar surface area (TPSA) is 88.9 Å². The molecule has 41 heavy (non-hydrogen) atoms. The van der Waals surface area contributed by atoms with E-state index in [0.717, 1.165) is 58.0 Å². The van der Waals surface area contributed by atoms with Gasteiger partial charge in [0.05, 0.1) is 38.1 Å². The van der Waals surface area contributed by atoms with E-state index in [9.17, 15) is 15.0 Å². The van der Waals surface area contributed by atoms with Gasteiger partial charge in [0.15, 0.2) is 5.78 Å². The fourth-order valence-electron chi connectivity index (χ4n) is 5.23. The van der Waals surface area contributed by atoms with Crippen LogP contribution >= 0.6 is 0 Å². The summed E-state index contributed by atoms with van der Waals surface area (Å²) in [6.45, 7) is 12.9. The van der Waals surface area contributed by atoms with E-state index in [1.54, 1.807) is 0 Å². The largest absolute Gasteiger partial charge is 0.391 e. The standard InChI is InChI=1S/C32H48N4O5/c1-4-30(37)23-40-22-25(2)41-24-31(38)21-34-15-19-36(20-16-34)29-11-7-27(8-12-29)32(39)26-5-9-28(10-6-26)35-17-13-33(3)14-18-35/h5-12,25,30-31,37-38H,4,13-24H2,1-3H3. The maximum Gasteiger partial charge on any atom is 0.193 e. The van der Waals surface area contributed by atoms with Crippen molar-refractivity contribution in [2.45, 2.75) is 38.6 Å². The first-order chi connectivity index (χ1) is 19.8. The number of hydrogen-bond acceptors (Lipinski definition) is 9. The van der Waals surface area contributed by atoms with Gasteiger partial charge in [0.2, 0.25) is 0 Å². The molecule has 2 heterocycles. The molecule has 4 rings (SSSR count). The van der Waals surface area contributed by atoms with Gasteiger partial charge in [-0.3, -0.25) is 9.69 Å². The highest BCUT2D eigenvalue weighted by Crippen LogP contribution is 2.22. The van der Waals surface area contributed by atoms with Crippen molar-refractivity contribution in [1.29, 1.82) is 0 Å². The average molecular weight is 569 g/mol. The average Bonchev–Trinajstić information content (AvgIpc) is 3.00. The van der Waals surface area contributed by atoms with Crippen molar-refractivity contribution in [3.05, 3.63) is 59.7 Å². The molecule has 3 atom stereocenters. The number of piperazine rings is 2. The Morgan fingerprint density at radius 3 is 1.78 bits per heavy atom. The molecule has 226 valence electrons. The van der Waals surface area contributed by atoms with Crippen LogP contribution in [0.2, 0.25) is 0 Å². The van der Waals surface area contributed by atoms with Crippen LogP contribution < -0.4 is 9.80 Å². The summed E-state index contributed by atoms with van der Waals surface area (Å²) in [5, 5.41) is 20.0. The molecule has 3 unspecified atom stereocenters. The molecule has 2 saturated heterocycles. The number of carbonyl (C=O) groups excluding carboxylic acids is 1. The van der Waals surface area contributed by atoms with Gasteiger partial charge in [-0.25, -0.2) is 0 Å². The van der Waals surface area contributed by atoms with Gasteiger partial charge in [-0.1, -0.05) is 6.92 Å². The van der Waals surface area contributed by atoms with Crippen molar-refractivity contribution in [1.82, 2.24) is 9.80 Å². The fraction of sp³-hybridized carbons (Fsp3) is 0.594. The number of benzene rings is 2. The highest BCUT2D eigenvalue weighted by Gasteiger charge is 2.21. The van der Waals surface area contributed by atoms with E-state index >= 15 is 0 Å². The monoisotopic (exact) mass is 568 g/mol. The summed E-state index contributed by atoms with van der Waals surface area (Å²) in [6, 6.07) is 15.9. The number of carbonyl (C=O) groups is 1. The lowest BCUT2D eigenvalue weighted by Crippen LogP contribution is -2.49. The second kappa shape index (κ2) is 15.6. The summed E-state index contributed by atoms with van der Waals surface area (Å²) in [5.74, 6) is 0.0435. The first-order valence-corrected chi connectivity index (χ1v) is 15.0. The molecule has 0 amide bonds. The van der Waals surface area contributed by atoms with Crippen LogP contribution in [0.3, 0.4) is 0 Å². The highest BCUT2D eigenvalue weighted by atomic mass is 16.5. The summed E-state index contributed by atoms with van der Waals surface area (Å²) in [4.78, 5) is 22.4. The lowest BCUT2D eigenvalue weighted by molar-refractivity contribution is -0.0594. The molecule has 0 radical (unpaired) electrons. The molecule has 0 spiro atoms. The lowest BCUT2D eigenvalue weighted by Gasteiger charge is -2.37. The molecule has 2 aliphatic heterocycles. The van der Waals surface area contributed by atoms with Gasteiger partial charge in [0.25, 0.3) is 0 Å². The molecule has 0 aliphatic carbocycles. The molecule has 0 saturated carbocycles. The molecule has 9 nitrogen and oxygen atoms in total. The van der Waals surface area contributed by atoms with Gasteiger partial charge in [-0.2, -0.15) is 0 Å². The highest BCUT2D eigenvalue weighted by molar-refractivity contribution is 6.09. The van der Waals surface area contributed by atoms with E-state index in [1.807, 2.05) is 50.2 Å². The zero-order valence-electron chi connectivity index (χ0n) is 25.0. The van der Waals surface area contributed by atoms with Gasteiger partial charge in [-0.15, -0.1) is 0 Å². The van der Waals surface area contributed by atoms with Crippen LogP contribution in [0.4, 0.5) is 11.4 Å². The molecule has 2 fully saturated rings. The number of nitrogens with zero attached hydrogens (tertiary/aromatic N) is 4. The maximum atomic E-state index is 13.1. The van der Waals surface area contributed by atoms with Gasteiger partial charge in [-0.05, 0) is 68.9 Å². The van der Waals surface area contributed by atoms with E-state index in [1.165, 1.54) is 5.69 Å². The summed E-state index contributed by atoms with van der Waals surface area (Å²) in [6.07, 6.45) is -0.478. The minimum absolute atomic E-state index is 0.0435. The van der Waals surface area contributed by atoms with Crippen LogP contribution in [0.5, 0.6) is 0 Å². The van der Waals surface area contributed by atoms with Gasteiger partial charge in [0, 0.05) is 81.4 Å². The fourth-order valence-corrected chi connectivity index (χ4v) is 5.23. The Morgan fingerprint density at radius 1 is 0.756 bits per heavy atom. The second-order valence-electron chi connectivity index (χ2n) is 11.4. The van der Waals surface area contributed by atoms with Crippen LogP contribution in [-0.4, -0.2) is 130 Å². The number of ketones is 1. The minimum Gasteiger partial charge on any atom is -0.391 e. The number of anilines is 2. The number of aliphatic hydroxyl groups excluding tert-OH is 2. The number of likely N-dealkylation sites (N-methyl/N-ethyl adjacent to an activating group) is 1. The van der Waals surface area contributed by atoms with Crippen molar-refractivity contribution in [3.63, 3.8) is 0 Å². The van der Waals surface area contributed by atoms with E-state index in [0.29, 0.717) is 37.3 Å². The third-order valence-electron chi connectivity index (χ3n) is 8.04. The van der Waals surface area contributed by atoms with Crippen molar-refractivity contribution in [2.75, 3.05) is 95.6 Å². The Balaban J connectivity index is 1.18. The summed E-state index contributed by atoms with van der Waals surface area (Å²) in [7, 11) is 2.15. The Kier molecular flexibility index (Phi) is 12.0.